The molecule has 0 saturated heterocycles. The second-order valence-electron chi connectivity index (χ2n) is 4.22. The fourth-order valence-electron chi connectivity index (χ4n) is 2.11. The molecule has 0 amide bonds. The molecule has 0 aliphatic carbocycles. The highest BCUT2D eigenvalue weighted by Crippen LogP contribution is 2.26. The van der Waals surface area contributed by atoms with Gasteiger partial charge in [-0.15, -0.1) is 0 Å². The highest BCUT2D eigenvalue weighted by Gasteiger charge is 2.12. The van der Waals surface area contributed by atoms with Gasteiger partial charge < -0.3 is 9.55 Å². The summed E-state index contributed by atoms with van der Waals surface area (Å²) in [6.07, 6.45) is 2.10. The first-order valence-corrected chi connectivity index (χ1v) is 6.84. The minimum atomic E-state index is -0.260. The standard InChI is InChI=1S/C12H14BrFN2S/c1-3-4-7(2)16-11-6-9(14)8(13)5-10(11)15-12(16)17/h5-7H,3-4H2,1-2H3,(H,15,17). The molecule has 1 atom stereocenters. The van der Waals surface area contributed by atoms with Crippen LogP contribution >= 0.6 is 28.1 Å². The molecule has 2 aromatic rings. The van der Waals surface area contributed by atoms with E-state index in [1.165, 1.54) is 6.07 Å². The minimum Gasteiger partial charge on any atom is -0.331 e. The Bertz CT molecular complexity index is 602. The van der Waals surface area contributed by atoms with Crippen LogP contribution < -0.4 is 0 Å². The molecule has 1 aromatic carbocycles. The van der Waals surface area contributed by atoms with Crippen LogP contribution in [0.15, 0.2) is 16.6 Å². The number of fused-ring (bicyclic) bond motifs is 1. The molecule has 0 aliphatic heterocycles. The van der Waals surface area contributed by atoms with Crippen LogP contribution in [0.5, 0.6) is 0 Å². The Hall–Kier alpha value is -0.680. The zero-order valence-corrected chi connectivity index (χ0v) is 12.2. The van der Waals surface area contributed by atoms with Crippen molar-refractivity contribution >= 4 is 39.2 Å². The summed E-state index contributed by atoms with van der Waals surface area (Å²) >= 11 is 8.48. The van der Waals surface area contributed by atoms with Gasteiger partial charge in [0.2, 0.25) is 0 Å². The molecule has 0 spiro atoms. The van der Waals surface area contributed by atoms with Crippen molar-refractivity contribution in [3.8, 4) is 0 Å². The molecule has 2 rings (SSSR count). The third-order valence-corrected chi connectivity index (χ3v) is 3.81. The average molecular weight is 317 g/mol. The molecule has 2 nitrogen and oxygen atoms in total. The predicted octanol–water partition coefficient (Wildman–Crippen LogP) is 4.96. The summed E-state index contributed by atoms with van der Waals surface area (Å²) in [6.45, 7) is 4.23. The summed E-state index contributed by atoms with van der Waals surface area (Å²) in [4.78, 5) is 3.12. The van der Waals surface area contributed by atoms with Crippen molar-refractivity contribution < 1.29 is 4.39 Å². The zero-order valence-electron chi connectivity index (χ0n) is 9.76. The second-order valence-corrected chi connectivity index (χ2v) is 5.46. The molecule has 0 aliphatic rings. The third kappa shape index (κ3) is 2.31. The van der Waals surface area contributed by atoms with Crippen LogP contribution in [0.1, 0.15) is 32.7 Å². The Morgan fingerprint density at radius 3 is 2.88 bits per heavy atom. The summed E-state index contributed by atoms with van der Waals surface area (Å²) in [5.41, 5.74) is 1.70. The lowest BCUT2D eigenvalue weighted by atomic mass is 10.2. The number of nitrogens with zero attached hydrogens (tertiary/aromatic N) is 1. The first-order valence-electron chi connectivity index (χ1n) is 5.63. The highest BCUT2D eigenvalue weighted by atomic mass is 79.9. The first kappa shape index (κ1) is 12.8. The first-order chi connectivity index (χ1) is 8.04. The van der Waals surface area contributed by atoms with Gasteiger partial charge >= 0.3 is 0 Å². The van der Waals surface area contributed by atoms with Crippen molar-refractivity contribution in [2.24, 2.45) is 0 Å². The lowest BCUT2D eigenvalue weighted by Gasteiger charge is -2.13. The van der Waals surface area contributed by atoms with Gasteiger partial charge in [-0.05, 0) is 47.6 Å². The van der Waals surface area contributed by atoms with Crippen LogP contribution in [0, 0.1) is 10.6 Å². The summed E-state index contributed by atoms with van der Waals surface area (Å²) in [7, 11) is 0. The fourth-order valence-corrected chi connectivity index (χ4v) is 2.84. The predicted molar refractivity (Wildman–Crippen MR) is 74.4 cm³/mol. The molecule has 0 fully saturated rings. The van der Waals surface area contributed by atoms with Gasteiger partial charge in [-0.1, -0.05) is 13.3 Å². The number of aromatic nitrogens is 2. The highest BCUT2D eigenvalue weighted by molar-refractivity contribution is 9.10. The summed E-state index contributed by atoms with van der Waals surface area (Å²) < 4.78 is 16.7. The van der Waals surface area contributed by atoms with E-state index in [1.807, 2.05) is 4.57 Å². The van der Waals surface area contributed by atoms with Gasteiger partial charge in [0.1, 0.15) is 5.82 Å². The lowest BCUT2D eigenvalue weighted by Crippen LogP contribution is -2.04. The van der Waals surface area contributed by atoms with Crippen molar-refractivity contribution in [2.45, 2.75) is 32.7 Å². The molecule has 1 unspecified atom stereocenters. The number of aromatic amines is 1. The van der Waals surface area contributed by atoms with Crippen molar-refractivity contribution in [3.05, 3.63) is 27.2 Å². The van der Waals surface area contributed by atoms with E-state index in [2.05, 4.69) is 34.8 Å². The molecule has 0 bridgehead atoms. The van der Waals surface area contributed by atoms with Gasteiger partial charge in [-0.2, -0.15) is 0 Å². The number of halogens is 2. The maximum atomic E-state index is 13.6. The number of H-pyrrole nitrogens is 1. The summed E-state index contributed by atoms with van der Waals surface area (Å²) in [5, 5.41) is 0. The van der Waals surface area contributed by atoms with E-state index in [1.54, 1.807) is 6.07 Å². The molecule has 5 heteroatoms. The summed E-state index contributed by atoms with van der Waals surface area (Å²) in [5.74, 6) is -0.260. The van der Waals surface area contributed by atoms with Crippen LogP contribution in [0.3, 0.4) is 0 Å². The number of nitrogens with one attached hydrogen (secondary N) is 1. The van der Waals surface area contributed by atoms with Gasteiger partial charge in [0, 0.05) is 12.1 Å². The minimum absolute atomic E-state index is 0.260. The molecule has 0 radical (unpaired) electrons. The lowest BCUT2D eigenvalue weighted by molar-refractivity contribution is 0.506. The molecule has 17 heavy (non-hydrogen) atoms. The largest absolute Gasteiger partial charge is 0.331 e. The molecule has 0 saturated carbocycles. The maximum Gasteiger partial charge on any atom is 0.178 e. The zero-order chi connectivity index (χ0) is 12.6. The average Bonchev–Trinajstić information content (AvgIpc) is 2.55. The number of benzene rings is 1. The van der Waals surface area contributed by atoms with Crippen LogP contribution in [0.4, 0.5) is 4.39 Å². The van der Waals surface area contributed by atoms with Gasteiger partial charge in [-0.25, -0.2) is 4.39 Å². The summed E-state index contributed by atoms with van der Waals surface area (Å²) in [6, 6.07) is 3.54. The Balaban J connectivity index is 2.66. The molecule has 1 N–H and O–H groups in total. The maximum absolute atomic E-state index is 13.6. The normalized spacial score (nSPS) is 13.2. The Morgan fingerprint density at radius 1 is 1.53 bits per heavy atom. The van der Waals surface area contributed by atoms with E-state index in [0.717, 1.165) is 23.9 Å². The van der Waals surface area contributed by atoms with Crippen LogP contribution in [0.25, 0.3) is 11.0 Å². The van der Waals surface area contributed by atoms with E-state index in [9.17, 15) is 4.39 Å². The van der Waals surface area contributed by atoms with Crippen molar-refractivity contribution in [1.29, 1.82) is 0 Å². The fraction of sp³-hybridized carbons (Fsp3) is 0.417. The second kappa shape index (κ2) is 4.90. The van der Waals surface area contributed by atoms with Crippen LogP contribution in [-0.2, 0) is 0 Å². The van der Waals surface area contributed by atoms with Crippen molar-refractivity contribution in [3.63, 3.8) is 0 Å². The van der Waals surface area contributed by atoms with Gasteiger partial charge in [0.05, 0.1) is 15.5 Å². The molecule has 1 heterocycles. The van der Waals surface area contributed by atoms with Gasteiger partial charge in [-0.3, -0.25) is 0 Å². The molecule has 92 valence electrons. The molecule has 1 aromatic heterocycles. The van der Waals surface area contributed by atoms with Crippen LogP contribution in [0.2, 0.25) is 0 Å². The Kier molecular flexibility index (Phi) is 3.68. The van der Waals surface area contributed by atoms with E-state index in [0.29, 0.717) is 9.24 Å². The van der Waals surface area contributed by atoms with Crippen molar-refractivity contribution in [1.82, 2.24) is 9.55 Å². The number of imidazole rings is 1. The Labute approximate surface area is 113 Å². The number of hydrogen-bond donors (Lipinski definition) is 1. The van der Waals surface area contributed by atoms with Crippen molar-refractivity contribution in [2.75, 3.05) is 0 Å². The monoisotopic (exact) mass is 316 g/mol. The van der Waals surface area contributed by atoms with E-state index in [-0.39, 0.29) is 11.9 Å². The quantitative estimate of drug-likeness (QED) is 0.793. The Morgan fingerprint density at radius 2 is 2.24 bits per heavy atom. The topological polar surface area (TPSA) is 20.7 Å². The smallest absolute Gasteiger partial charge is 0.178 e. The van der Waals surface area contributed by atoms with E-state index in [4.69, 9.17) is 12.2 Å². The van der Waals surface area contributed by atoms with E-state index < -0.39 is 0 Å². The third-order valence-electron chi connectivity index (χ3n) is 2.91. The van der Waals surface area contributed by atoms with Crippen LogP contribution in [-0.4, -0.2) is 9.55 Å². The molecular weight excluding hydrogens is 303 g/mol. The van der Waals surface area contributed by atoms with Gasteiger partial charge in [0.15, 0.2) is 4.77 Å². The number of hydrogen-bond acceptors (Lipinski definition) is 1. The van der Waals surface area contributed by atoms with E-state index >= 15 is 0 Å². The molecular formula is C12H14BrFN2S. The number of rotatable bonds is 3. The van der Waals surface area contributed by atoms with Gasteiger partial charge in [0.25, 0.3) is 0 Å². The SMILES string of the molecule is CCCC(C)n1c(=S)[nH]c2cc(Br)c(F)cc21.